The number of aromatic nitrogens is 1. The van der Waals surface area contributed by atoms with Crippen LogP contribution < -0.4 is 25.1 Å². The van der Waals surface area contributed by atoms with Gasteiger partial charge in [-0.1, -0.05) is 0 Å². The van der Waals surface area contributed by atoms with Crippen molar-refractivity contribution in [3.8, 4) is 17.2 Å². The van der Waals surface area contributed by atoms with Crippen molar-refractivity contribution in [2.45, 2.75) is 27.3 Å². The third-order valence-electron chi connectivity index (χ3n) is 3.97. The van der Waals surface area contributed by atoms with E-state index in [9.17, 15) is 9.59 Å². The van der Waals surface area contributed by atoms with Gasteiger partial charge in [0.05, 0.1) is 20.3 Å². The first kappa shape index (κ1) is 20.4. The predicted octanol–water partition coefficient (Wildman–Crippen LogP) is 2.39. The van der Waals surface area contributed by atoms with Crippen LogP contribution in [0.2, 0.25) is 0 Å². The number of nitrogens with zero attached hydrogens (tertiary/aromatic N) is 1. The maximum absolute atomic E-state index is 12.4. The minimum Gasteiger partial charge on any atom is -0.496 e. The van der Waals surface area contributed by atoms with Gasteiger partial charge in [-0.3, -0.25) is 9.59 Å². The lowest BCUT2D eigenvalue weighted by atomic mass is 10.2. The van der Waals surface area contributed by atoms with Crippen LogP contribution >= 0.6 is 0 Å². The molecule has 0 fully saturated rings. The number of benzene rings is 1. The fourth-order valence-corrected chi connectivity index (χ4v) is 2.68. The summed E-state index contributed by atoms with van der Waals surface area (Å²) in [5, 5.41) is 2.82. The molecule has 0 atom stereocenters. The molecular weight excluding hydrogens is 348 g/mol. The summed E-state index contributed by atoms with van der Waals surface area (Å²) in [6, 6.07) is 8.28. The summed E-state index contributed by atoms with van der Waals surface area (Å²) in [6.07, 6.45) is 0. The maximum atomic E-state index is 12.4. The molecular formula is C20H26N2O5. The average Bonchev–Trinajstić information content (AvgIpc) is 2.65. The number of hydrogen-bond acceptors (Lipinski definition) is 5. The molecule has 1 aromatic carbocycles. The van der Waals surface area contributed by atoms with Gasteiger partial charge in [0.15, 0.2) is 11.5 Å². The normalized spacial score (nSPS) is 10.4. The van der Waals surface area contributed by atoms with Crippen molar-refractivity contribution >= 4 is 5.91 Å². The van der Waals surface area contributed by atoms with E-state index < -0.39 is 0 Å². The van der Waals surface area contributed by atoms with Crippen LogP contribution in [0, 0.1) is 6.92 Å². The summed E-state index contributed by atoms with van der Waals surface area (Å²) in [5.41, 5.74) is 1.08. The first-order valence-electron chi connectivity index (χ1n) is 8.93. The first-order chi connectivity index (χ1) is 13.0. The summed E-state index contributed by atoms with van der Waals surface area (Å²) in [5.74, 6) is 1.43. The number of amides is 1. The number of nitrogens with one attached hydrogen (secondary N) is 1. The Morgan fingerprint density at radius 2 is 1.78 bits per heavy atom. The van der Waals surface area contributed by atoms with Gasteiger partial charge in [0, 0.05) is 30.4 Å². The molecule has 146 valence electrons. The van der Waals surface area contributed by atoms with Crippen LogP contribution in [-0.2, 0) is 6.54 Å². The Morgan fingerprint density at radius 3 is 2.41 bits per heavy atom. The van der Waals surface area contributed by atoms with Gasteiger partial charge in [-0.2, -0.15) is 0 Å². The fourth-order valence-electron chi connectivity index (χ4n) is 2.68. The largest absolute Gasteiger partial charge is 0.496 e. The predicted molar refractivity (Wildman–Crippen MR) is 103 cm³/mol. The van der Waals surface area contributed by atoms with E-state index in [1.165, 1.54) is 13.2 Å². The van der Waals surface area contributed by atoms with Gasteiger partial charge in [0.2, 0.25) is 0 Å². The van der Waals surface area contributed by atoms with Crippen LogP contribution in [0.4, 0.5) is 0 Å². The minimum absolute atomic E-state index is 0.166. The molecule has 7 heteroatoms. The molecule has 0 radical (unpaired) electrons. The summed E-state index contributed by atoms with van der Waals surface area (Å²) >= 11 is 0. The number of rotatable bonds is 9. The van der Waals surface area contributed by atoms with Crippen LogP contribution in [0.25, 0.3) is 0 Å². The Bertz CT molecular complexity index is 845. The van der Waals surface area contributed by atoms with E-state index in [0.29, 0.717) is 49.1 Å². The smallest absolute Gasteiger partial charge is 0.254 e. The molecule has 1 amide bonds. The van der Waals surface area contributed by atoms with E-state index in [4.69, 9.17) is 14.2 Å². The SMILES string of the molecule is CCOc1ccc(C(=O)NCCn2c(C)cc(OC)cc2=O)cc1OCC. The van der Waals surface area contributed by atoms with Gasteiger partial charge in [-0.15, -0.1) is 0 Å². The molecule has 2 rings (SSSR count). The number of pyridine rings is 1. The Labute approximate surface area is 158 Å². The van der Waals surface area contributed by atoms with Gasteiger partial charge in [0.25, 0.3) is 11.5 Å². The minimum atomic E-state index is -0.238. The summed E-state index contributed by atoms with van der Waals surface area (Å²) in [4.78, 5) is 24.5. The van der Waals surface area contributed by atoms with E-state index in [2.05, 4.69) is 5.32 Å². The second-order valence-electron chi connectivity index (χ2n) is 5.81. The highest BCUT2D eigenvalue weighted by atomic mass is 16.5. The van der Waals surface area contributed by atoms with Gasteiger partial charge in [0.1, 0.15) is 5.75 Å². The molecule has 27 heavy (non-hydrogen) atoms. The highest BCUT2D eigenvalue weighted by molar-refractivity contribution is 5.94. The number of ether oxygens (including phenoxy) is 3. The molecule has 1 aromatic heterocycles. The quantitative estimate of drug-likeness (QED) is 0.729. The second kappa shape index (κ2) is 9.66. The Kier molecular flexibility index (Phi) is 7.28. The third-order valence-corrected chi connectivity index (χ3v) is 3.97. The zero-order valence-electron chi connectivity index (χ0n) is 16.2. The van der Waals surface area contributed by atoms with E-state index in [1.807, 2.05) is 20.8 Å². The summed E-state index contributed by atoms with van der Waals surface area (Å²) < 4.78 is 17.7. The van der Waals surface area contributed by atoms with Gasteiger partial charge in [-0.05, 0) is 45.0 Å². The van der Waals surface area contributed by atoms with Crippen molar-refractivity contribution in [1.82, 2.24) is 9.88 Å². The van der Waals surface area contributed by atoms with E-state index in [0.717, 1.165) is 5.69 Å². The number of aryl methyl sites for hydroxylation is 1. The molecule has 0 bridgehead atoms. The zero-order valence-corrected chi connectivity index (χ0v) is 16.2. The highest BCUT2D eigenvalue weighted by Crippen LogP contribution is 2.28. The molecule has 0 spiro atoms. The van der Waals surface area contributed by atoms with E-state index >= 15 is 0 Å². The molecule has 1 heterocycles. The summed E-state index contributed by atoms with van der Waals surface area (Å²) in [6.45, 7) is 7.27. The van der Waals surface area contributed by atoms with Crippen molar-refractivity contribution in [2.75, 3.05) is 26.9 Å². The van der Waals surface area contributed by atoms with E-state index in [1.54, 1.807) is 28.8 Å². The molecule has 0 unspecified atom stereocenters. The van der Waals surface area contributed by atoms with Crippen molar-refractivity contribution in [3.63, 3.8) is 0 Å². The van der Waals surface area contributed by atoms with Crippen molar-refractivity contribution in [3.05, 3.63) is 51.9 Å². The second-order valence-corrected chi connectivity index (χ2v) is 5.81. The lowest BCUT2D eigenvalue weighted by molar-refractivity contribution is 0.0951. The third kappa shape index (κ3) is 5.26. The average molecular weight is 374 g/mol. The van der Waals surface area contributed by atoms with Crippen LogP contribution in [0.15, 0.2) is 35.1 Å². The molecule has 0 saturated carbocycles. The number of methoxy groups -OCH3 is 1. The van der Waals surface area contributed by atoms with Crippen LogP contribution in [0.1, 0.15) is 29.9 Å². The van der Waals surface area contributed by atoms with Gasteiger partial charge < -0.3 is 24.1 Å². The highest BCUT2D eigenvalue weighted by Gasteiger charge is 2.12. The molecule has 0 saturated heterocycles. The maximum Gasteiger partial charge on any atom is 0.254 e. The van der Waals surface area contributed by atoms with Crippen LogP contribution in [-0.4, -0.2) is 37.3 Å². The van der Waals surface area contributed by atoms with Gasteiger partial charge in [-0.25, -0.2) is 0 Å². The van der Waals surface area contributed by atoms with Crippen LogP contribution in [0.5, 0.6) is 17.2 Å². The monoisotopic (exact) mass is 374 g/mol. The first-order valence-corrected chi connectivity index (χ1v) is 8.93. The lowest BCUT2D eigenvalue weighted by Gasteiger charge is -2.14. The van der Waals surface area contributed by atoms with Crippen molar-refractivity contribution in [2.24, 2.45) is 0 Å². The Hall–Kier alpha value is -2.96. The molecule has 7 nitrogen and oxygen atoms in total. The standard InChI is InChI=1S/C20H26N2O5/c1-5-26-17-8-7-15(12-18(17)27-6-2)20(24)21-9-10-22-14(3)11-16(25-4)13-19(22)23/h7-8,11-13H,5-6,9-10H2,1-4H3,(H,21,24). The Morgan fingerprint density at radius 1 is 1.07 bits per heavy atom. The number of carbonyl (C=O) groups is 1. The number of carbonyl (C=O) groups excluding carboxylic acids is 1. The van der Waals surface area contributed by atoms with E-state index in [-0.39, 0.29) is 11.5 Å². The molecule has 0 aliphatic carbocycles. The Balaban J connectivity index is 2.04. The molecule has 1 N–H and O–H groups in total. The van der Waals surface area contributed by atoms with Crippen LogP contribution in [0.3, 0.4) is 0 Å². The zero-order chi connectivity index (χ0) is 19.8. The molecule has 0 aliphatic heterocycles. The fraction of sp³-hybridized carbons (Fsp3) is 0.400. The molecule has 2 aromatic rings. The van der Waals surface area contributed by atoms with Gasteiger partial charge >= 0.3 is 0 Å². The lowest BCUT2D eigenvalue weighted by Crippen LogP contribution is -2.31. The topological polar surface area (TPSA) is 78.8 Å². The van der Waals surface area contributed by atoms with Crippen molar-refractivity contribution < 1.29 is 19.0 Å². The van der Waals surface area contributed by atoms with Crippen molar-refractivity contribution in [1.29, 1.82) is 0 Å². The number of hydrogen-bond donors (Lipinski definition) is 1. The molecule has 0 aliphatic rings. The summed E-state index contributed by atoms with van der Waals surface area (Å²) in [7, 11) is 1.52.